The lowest BCUT2D eigenvalue weighted by Gasteiger charge is -2.28. The molecule has 4 aromatic rings. The number of benzene rings is 3. The third-order valence-corrected chi connectivity index (χ3v) is 9.50. The Morgan fingerprint density at radius 3 is 2.36 bits per heavy atom. The zero-order valence-corrected chi connectivity index (χ0v) is 28.3. The van der Waals surface area contributed by atoms with Gasteiger partial charge in [-0.1, -0.05) is 73.0 Å². The van der Waals surface area contributed by atoms with Crippen molar-refractivity contribution < 1.29 is 19.4 Å². The van der Waals surface area contributed by atoms with Crippen LogP contribution in [0.2, 0.25) is 10.0 Å². The highest BCUT2D eigenvalue weighted by Gasteiger charge is 2.29. The number of hydrogen-bond donors (Lipinski definition) is 3. The molecule has 1 heterocycles. The minimum Gasteiger partial charge on any atom is -0.489 e. The summed E-state index contributed by atoms with van der Waals surface area (Å²) >= 11 is 12.8. The van der Waals surface area contributed by atoms with Gasteiger partial charge in [0, 0.05) is 28.6 Å². The highest BCUT2D eigenvalue weighted by molar-refractivity contribution is 6.36. The molecule has 3 N–H and O–H groups in total. The van der Waals surface area contributed by atoms with E-state index in [0.717, 1.165) is 60.2 Å². The number of aromatic nitrogens is 2. The second-order valence-corrected chi connectivity index (χ2v) is 13.0. The van der Waals surface area contributed by atoms with E-state index < -0.39 is 12.0 Å². The van der Waals surface area contributed by atoms with Gasteiger partial charge in [-0.2, -0.15) is 0 Å². The number of ether oxygens (including phenoxy) is 1. The lowest BCUT2D eigenvalue weighted by molar-refractivity contribution is -0.127. The highest BCUT2D eigenvalue weighted by Crippen LogP contribution is 2.34. The van der Waals surface area contributed by atoms with Gasteiger partial charge in [-0.3, -0.25) is 4.79 Å². The van der Waals surface area contributed by atoms with Crippen LogP contribution in [-0.4, -0.2) is 27.0 Å². The van der Waals surface area contributed by atoms with E-state index in [1.807, 2.05) is 43.3 Å². The number of carbonyl (C=O) groups is 2. The Morgan fingerprint density at radius 1 is 1.02 bits per heavy atom. The molecule has 7 nitrogen and oxygen atoms in total. The Kier molecular flexibility index (Phi) is 11.8. The summed E-state index contributed by atoms with van der Waals surface area (Å²) in [6, 6.07) is 19.4. The van der Waals surface area contributed by atoms with Crippen LogP contribution in [-0.2, 0) is 24.2 Å². The van der Waals surface area contributed by atoms with Gasteiger partial charge in [0.2, 0.25) is 5.91 Å². The summed E-state index contributed by atoms with van der Waals surface area (Å²) in [6.07, 6.45) is 10.3. The van der Waals surface area contributed by atoms with Gasteiger partial charge in [-0.25, -0.2) is 9.78 Å². The van der Waals surface area contributed by atoms with Crippen molar-refractivity contribution in [3.63, 3.8) is 0 Å². The molecule has 1 fully saturated rings. The van der Waals surface area contributed by atoms with Crippen LogP contribution >= 0.6 is 23.2 Å². The van der Waals surface area contributed by atoms with Crippen LogP contribution in [0.25, 0.3) is 11.3 Å². The zero-order valence-electron chi connectivity index (χ0n) is 26.8. The van der Waals surface area contributed by atoms with Crippen molar-refractivity contribution in [1.82, 2.24) is 15.3 Å². The van der Waals surface area contributed by atoms with Gasteiger partial charge in [-0.15, -0.1) is 0 Å². The van der Waals surface area contributed by atoms with Gasteiger partial charge < -0.3 is 20.1 Å². The number of carboxylic acids is 1. The van der Waals surface area contributed by atoms with Gasteiger partial charge in [0.25, 0.3) is 0 Å². The van der Waals surface area contributed by atoms with Crippen LogP contribution in [0.15, 0.2) is 78.9 Å². The van der Waals surface area contributed by atoms with Crippen molar-refractivity contribution in [3.05, 3.63) is 117 Å². The van der Waals surface area contributed by atoms with Crippen LogP contribution < -0.4 is 10.1 Å². The fourth-order valence-electron chi connectivity index (χ4n) is 6.09. The molecule has 47 heavy (non-hydrogen) atoms. The number of rotatable bonds is 13. The Morgan fingerprint density at radius 2 is 1.72 bits per heavy atom. The number of carbonyl (C=O) groups excluding carboxylic acids is 1. The molecule has 1 aliphatic rings. The maximum absolute atomic E-state index is 13.7. The van der Waals surface area contributed by atoms with Crippen molar-refractivity contribution in [2.24, 2.45) is 11.8 Å². The van der Waals surface area contributed by atoms with Gasteiger partial charge in [0.1, 0.15) is 18.2 Å². The molecular formula is C38H41Cl2N3O4. The van der Waals surface area contributed by atoms with E-state index in [1.54, 1.807) is 36.4 Å². The van der Waals surface area contributed by atoms with E-state index in [4.69, 9.17) is 38.0 Å². The number of aromatic amines is 1. The van der Waals surface area contributed by atoms with Crippen molar-refractivity contribution in [3.8, 4) is 17.0 Å². The summed E-state index contributed by atoms with van der Waals surface area (Å²) in [6.45, 7) is 4.52. The second-order valence-electron chi connectivity index (χ2n) is 12.2. The number of imidazole rings is 1. The van der Waals surface area contributed by atoms with Crippen molar-refractivity contribution in [1.29, 1.82) is 0 Å². The van der Waals surface area contributed by atoms with Crippen LogP contribution in [0.3, 0.4) is 0 Å². The molecule has 0 bridgehead atoms. The van der Waals surface area contributed by atoms with Crippen LogP contribution in [0.4, 0.5) is 0 Å². The molecule has 1 aliphatic carbocycles. The largest absolute Gasteiger partial charge is 0.489 e. The lowest BCUT2D eigenvalue weighted by Crippen LogP contribution is -2.37. The number of H-pyrrole nitrogens is 1. The molecule has 1 amide bonds. The summed E-state index contributed by atoms with van der Waals surface area (Å²) in [5.74, 6) is 1.16. The molecule has 0 radical (unpaired) electrons. The van der Waals surface area contributed by atoms with E-state index in [0.29, 0.717) is 47.0 Å². The molecule has 9 heteroatoms. The zero-order chi connectivity index (χ0) is 33.3. The molecule has 0 unspecified atom stereocenters. The molecule has 0 aliphatic heterocycles. The maximum Gasteiger partial charge on any atom is 0.335 e. The molecule has 1 atom stereocenters. The predicted molar refractivity (Wildman–Crippen MR) is 187 cm³/mol. The first-order valence-corrected chi connectivity index (χ1v) is 17.0. The Balaban J connectivity index is 1.38. The smallest absolute Gasteiger partial charge is 0.335 e. The van der Waals surface area contributed by atoms with Crippen molar-refractivity contribution >= 4 is 35.1 Å². The van der Waals surface area contributed by atoms with E-state index in [9.17, 15) is 9.59 Å². The van der Waals surface area contributed by atoms with E-state index in [2.05, 4.69) is 23.3 Å². The molecule has 1 saturated carbocycles. The molecule has 0 spiro atoms. The number of aromatic carboxylic acids is 1. The standard InChI is InChI=1S/C38H41Cl2N3O4/c1-3-5-6-33-35(31-20-17-29(39)22-32(31)40)43-36(41-33)34(42-37(44)27-13-7-24(4-2)8-14-27)21-25-11-18-30(19-12-25)47-23-26-9-15-28(16-10-26)38(45)46/h3,5,9-12,15-20,22,24,27,34H,4,6-8,13-14,21,23H2,1-2H3,(H,41,43)(H,42,44)(H,45,46)/t24?,27?,34-/m0/s1. The van der Waals surface area contributed by atoms with Gasteiger partial charge in [-0.05, 0) is 98.5 Å². The summed E-state index contributed by atoms with van der Waals surface area (Å²) in [7, 11) is 0. The first-order valence-electron chi connectivity index (χ1n) is 16.2. The monoisotopic (exact) mass is 673 g/mol. The Bertz CT molecular complexity index is 1690. The fourth-order valence-corrected chi connectivity index (χ4v) is 6.59. The Hall–Kier alpha value is -4.07. The van der Waals surface area contributed by atoms with Crippen LogP contribution in [0.5, 0.6) is 5.75 Å². The number of amides is 1. The van der Waals surface area contributed by atoms with Gasteiger partial charge >= 0.3 is 5.97 Å². The van der Waals surface area contributed by atoms with Crippen LogP contribution in [0.1, 0.15) is 85.0 Å². The third-order valence-electron chi connectivity index (χ3n) is 8.95. The first-order chi connectivity index (χ1) is 22.7. The topological polar surface area (TPSA) is 104 Å². The summed E-state index contributed by atoms with van der Waals surface area (Å²) in [5, 5.41) is 13.5. The number of allylic oxidation sites excluding steroid dienone is 2. The summed E-state index contributed by atoms with van der Waals surface area (Å²) in [4.78, 5) is 33.4. The van der Waals surface area contributed by atoms with E-state index >= 15 is 0 Å². The minimum atomic E-state index is -0.958. The molecule has 3 aromatic carbocycles. The third kappa shape index (κ3) is 9.05. The van der Waals surface area contributed by atoms with Gasteiger partial charge in [0.15, 0.2) is 0 Å². The highest BCUT2D eigenvalue weighted by atomic mass is 35.5. The number of hydrogen-bond acceptors (Lipinski definition) is 4. The summed E-state index contributed by atoms with van der Waals surface area (Å²) in [5.41, 5.74) is 4.55. The molecular weight excluding hydrogens is 633 g/mol. The first kappa shape index (κ1) is 34.3. The van der Waals surface area contributed by atoms with Gasteiger partial charge in [0.05, 0.1) is 22.3 Å². The fraction of sp³-hybridized carbons (Fsp3) is 0.342. The number of nitrogens with zero attached hydrogens (tertiary/aromatic N) is 1. The number of halogens is 2. The second kappa shape index (κ2) is 16.2. The van der Waals surface area contributed by atoms with E-state index in [-0.39, 0.29) is 17.4 Å². The predicted octanol–water partition coefficient (Wildman–Crippen LogP) is 9.40. The van der Waals surface area contributed by atoms with E-state index in [1.165, 1.54) is 0 Å². The lowest BCUT2D eigenvalue weighted by atomic mass is 9.80. The molecule has 246 valence electrons. The van der Waals surface area contributed by atoms with Crippen molar-refractivity contribution in [2.45, 2.75) is 71.4 Å². The minimum absolute atomic E-state index is 0.0109. The van der Waals surface area contributed by atoms with Crippen molar-refractivity contribution in [2.75, 3.05) is 0 Å². The number of nitrogens with one attached hydrogen (secondary N) is 2. The number of carboxylic acid groups (broad SMARTS) is 1. The average molecular weight is 675 g/mol. The summed E-state index contributed by atoms with van der Waals surface area (Å²) < 4.78 is 5.96. The molecule has 0 saturated heterocycles. The van der Waals surface area contributed by atoms with Crippen LogP contribution in [0, 0.1) is 11.8 Å². The average Bonchev–Trinajstić information content (AvgIpc) is 3.50. The quantitative estimate of drug-likeness (QED) is 0.123. The molecule has 1 aromatic heterocycles. The normalized spacial score (nSPS) is 17.0. The molecule has 5 rings (SSSR count). The Labute approximate surface area is 286 Å². The SMILES string of the molecule is CC=CCc1[nH]c([C@H](Cc2ccc(OCc3ccc(C(=O)O)cc3)cc2)NC(=O)C2CCC(CC)CC2)nc1-c1ccc(Cl)cc1Cl. The maximum atomic E-state index is 13.7.